The van der Waals surface area contributed by atoms with Gasteiger partial charge < -0.3 is 5.32 Å². The van der Waals surface area contributed by atoms with Gasteiger partial charge in [-0.25, -0.2) is 0 Å². The Kier molecular flexibility index (Phi) is 4.18. The third-order valence-corrected chi connectivity index (χ3v) is 3.63. The average Bonchev–Trinajstić information content (AvgIpc) is 2.70. The number of aromatic nitrogens is 2. The van der Waals surface area contributed by atoms with Crippen molar-refractivity contribution in [3.05, 3.63) is 17.5 Å². The molecule has 1 aromatic rings. The smallest absolute Gasteiger partial charge is 0.0597 e. The molecule has 0 bridgehead atoms. The summed E-state index contributed by atoms with van der Waals surface area (Å²) < 4.78 is 2.12. The van der Waals surface area contributed by atoms with Crippen molar-refractivity contribution >= 4 is 0 Å². The summed E-state index contributed by atoms with van der Waals surface area (Å²) in [5.41, 5.74) is 2.46. The topological polar surface area (TPSA) is 33.1 Å². The normalized spacial score (nSPS) is 17.9. The van der Waals surface area contributed by atoms with E-state index in [1.54, 1.807) is 0 Å². The molecule has 17 heavy (non-hydrogen) atoms. The standard InChI is InChI=1S/C13H24N4/c1-4-17-13(9-11(2)15-17)10-16(3)12-5-7-14-8-6-12/h9,12,14H,4-8,10H2,1-3H3. The van der Waals surface area contributed by atoms with Crippen molar-refractivity contribution in [1.29, 1.82) is 0 Å². The van der Waals surface area contributed by atoms with Crippen LogP contribution in [0.2, 0.25) is 0 Å². The largest absolute Gasteiger partial charge is 0.317 e. The lowest BCUT2D eigenvalue weighted by Gasteiger charge is -2.31. The van der Waals surface area contributed by atoms with Gasteiger partial charge in [-0.2, -0.15) is 5.10 Å². The molecule has 4 nitrogen and oxygen atoms in total. The van der Waals surface area contributed by atoms with E-state index in [1.807, 2.05) is 0 Å². The fraction of sp³-hybridized carbons (Fsp3) is 0.769. The zero-order valence-electron chi connectivity index (χ0n) is 11.2. The summed E-state index contributed by atoms with van der Waals surface area (Å²) in [5, 5.41) is 7.92. The maximum absolute atomic E-state index is 4.50. The molecule has 1 fully saturated rings. The minimum absolute atomic E-state index is 0.719. The Morgan fingerprint density at radius 1 is 1.47 bits per heavy atom. The molecule has 1 saturated heterocycles. The summed E-state index contributed by atoms with van der Waals surface area (Å²) >= 11 is 0. The summed E-state index contributed by atoms with van der Waals surface area (Å²) in [6.45, 7) is 8.51. The van der Waals surface area contributed by atoms with Gasteiger partial charge >= 0.3 is 0 Å². The molecule has 0 aliphatic carbocycles. The van der Waals surface area contributed by atoms with Crippen molar-refractivity contribution in [2.75, 3.05) is 20.1 Å². The Labute approximate surface area is 104 Å². The second-order valence-electron chi connectivity index (χ2n) is 4.99. The summed E-state index contributed by atoms with van der Waals surface area (Å²) in [5.74, 6) is 0. The van der Waals surface area contributed by atoms with Gasteiger partial charge in [-0.15, -0.1) is 0 Å². The van der Waals surface area contributed by atoms with Gasteiger partial charge in [-0.1, -0.05) is 0 Å². The Bertz CT molecular complexity index is 352. The first-order chi connectivity index (χ1) is 8.20. The third-order valence-electron chi connectivity index (χ3n) is 3.63. The summed E-state index contributed by atoms with van der Waals surface area (Å²) in [4.78, 5) is 2.48. The highest BCUT2D eigenvalue weighted by molar-refractivity contribution is 5.09. The molecule has 2 rings (SSSR count). The van der Waals surface area contributed by atoms with E-state index in [2.05, 4.69) is 47.0 Å². The number of hydrogen-bond donors (Lipinski definition) is 1. The molecule has 0 unspecified atom stereocenters. The van der Waals surface area contributed by atoms with E-state index in [0.717, 1.165) is 37.9 Å². The van der Waals surface area contributed by atoms with E-state index in [-0.39, 0.29) is 0 Å². The van der Waals surface area contributed by atoms with Crippen molar-refractivity contribution in [3.8, 4) is 0 Å². The first-order valence-corrected chi connectivity index (χ1v) is 6.65. The maximum Gasteiger partial charge on any atom is 0.0597 e. The second kappa shape index (κ2) is 5.65. The van der Waals surface area contributed by atoms with Gasteiger partial charge in [0, 0.05) is 19.1 Å². The van der Waals surface area contributed by atoms with Crippen molar-refractivity contribution in [1.82, 2.24) is 20.0 Å². The van der Waals surface area contributed by atoms with Gasteiger partial charge in [0.15, 0.2) is 0 Å². The zero-order chi connectivity index (χ0) is 12.3. The van der Waals surface area contributed by atoms with E-state index < -0.39 is 0 Å². The number of hydrogen-bond acceptors (Lipinski definition) is 3. The Morgan fingerprint density at radius 2 is 2.18 bits per heavy atom. The van der Waals surface area contributed by atoms with Crippen LogP contribution in [-0.2, 0) is 13.1 Å². The molecule has 4 heteroatoms. The van der Waals surface area contributed by atoms with Crippen LogP contribution in [0.4, 0.5) is 0 Å². The fourth-order valence-corrected chi connectivity index (χ4v) is 2.63. The molecule has 0 amide bonds. The SMILES string of the molecule is CCn1nc(C)cc1CN(C)C1CCNCC1. The van der Waals surface area contributed by atoms with Gasteiger partial charge in [-0.3, -0.25) is 9.58 Å². The van der Waals surface area contributed by atoms with E-state index in [9.17, 15) is 0 Å². The average molecular weight is 236 g/mol. The highest BCUT2D eigenvalue weighted by Gasteiger charge is 2.18. The fourth-order valence-electron chi connectivity index (χ4n) is 2.63. The molecular formula is C13H24N4. The molecule has 0 saturated carbocycles. The molecule has 96 valence electrons. The lowest BCUT2D eigenvalue weighted by Crippen LogP contribution is -2.41. The number of nitrogens with zero attached hydrogens (tertiary/aromatic N) is 3. The van der Waals surface area contributed by atoms with E-state index >= 15 is 0 Å². The maximum atomic E-state index is 4.50. The van der Waals surface area contributed by atoms with Crippen LogP contribution in [0.25, 0.3) is 0 Å². The third kappa shape index (κ3) is 3.07. The summed E-state index contributed by atoms with van der Waals surface area (Å²) in [6, 6.07) is 2.93. The van der Waals surface area contributed by atoms with Crippen molar-refractivity contribution in [2.45, 2.75) is 45.8 Å². The molecule has 2 heterocycles. The van der Waals surface area contributed by atoms with Gasteiger partial charge in [0.05, 0.1) is 11.4 Å². The van der Waals surface area contributed by atoms with E-state index in [0.29, 0.717) is 0 Å². The van der Waals surface area contributed by atoms with Crippen molar-refractivity contribution < 1.29 is 0 Å². The number of aryl methyl sites for hydroxylation is 2. The lowest BCUT2D eigenvalue weighted by atomic mass is 10.1. The Morgan fingerprint density at radius 3 is 2.82 bits per heavy atom. The van der Waals surface area contributed by atoms with Crippen LogP contribution in [0.15, 0.2) is 6.07 Å². The zero-order valence-corrected chi connectivity index (χ0v) is 11.2. The first-order valence-electron chi connectivity index (χ1n) is 6.65. The molecule has 1 N–H and O–H groups in total. The predicted molar refractivity (Wildman–Crippen MR) is 70.0 cm³/mol. The van der Waals surface area contributed by atoms with Crippen LogP contribution in [0.5, 0.6) is 0 Å². The first kappa shape index (κ1) is 12.6. The number of nitrogens with one attached hydrogen (secondary N) is 1. The summed E-state index contributed by atoms with van der Waals surface area (Å²) in [7, 11) is 2.23. The molecule has 1 aromatic heterocycles. The Hall–Kier alpha value is -0.870. The number of piperidine rings is 1. The second-order valence-corrected chi connectivity index (χ2v) is 4.99. The molecule has 0 aromatic carbocycles. The molecule has 1 aliphatic rings. The minimum atomic E-state index is 0.719. The van der Waals surface area contributed by atoms with Crippen molar-refractivity contribution in [2.24, 2.45) is 0 Å². The van der Waals surface area contributed by atoms with Crippen LogP contribution in [0.1, 0.15) is 31.2 Å². The quantitative estimate of drug-likeness (QED) is 0.858. The van der Waals surface area contributed by atoms with E-state index in [1.165, 1.54) is 18.5 Å². The van der Waals surface area contributed by atoms with Crippen molar-refractivity contribution in [3.63, 3.8) is 0 Å². The van der Waals surface area contributed by atoms with Crippen LogP contribution in [0.3, 0.4) is 0 Å². The van der Waals surface area contributed by atoms with Gasteiger partial charge in [0.1, 0.15) is 0 Å². The minimum Gasteiger partial charge on any atom is -0.317 e. The highest BCUT2D eigenvalue weighted by Crippen LogP contribution is 2.14. The highest BCUT2D eigenvalue weighted by atomic mass is 15.3. The van der Waals surface area contributed by atoms with Gasteiger partial charge in [-0.05, 0) is 52.9 Å². The van der Waals surface area contributed by atoms with Crippen LogP contribution in [-0.4, -0.2) is 40.9 Å². The lowest BCUT2D eigenvalue weighted by molar-refractivity contribution is 0.187. The Balaban J connectivity index is 1.98. The monoisotopic (exact) mass is 236 g/mol. The predicted octanol–water partition coefficient (Wildman–Crippen LogP) is 1.40. The summed E-state index contributed by atoms with van der Waals surface area (Å²) in [6.07, 6.45) is 2.52. The van der Waals surface area contributed by atoms with Crippen LogP contribution in [0, 0.1) is 6.92 Å². The molecule has 1 aliphatic heterocycles. The van der Waals surface area contributed by atoms with Crippen LogP contribution >= 0.6 is 0 Å². The molecule has 0 radical (unpaired) electrons. The van der Waals surface area contributed by atoms with Crippen LogP contribution < -0.4 is 5.32 Å². The molecular weight excluding hydrogens is 212 g/mol. The van der Waals surface area contributed by atoms with Gasteiger partial charge in [0.25, 0.3) is 0 Å². The van der Waals surface area contributed by atoms with E-state index in [4.69, 9.17) is 0 Å². The molecule has 0 spiro atoms. The van der Waals surface area contributed by atoms with Gasteiger partial charge in [0.2, 0.25) is 0 Å². The number of rotatable bonds is 4. The molecule has 0 atom stereocenters.